The zero-order valence-corrected chi connectivity index (χ0v) is 20.3. The molecule has 0 spiro atoms. The van der Waals surface area contributed by atoms with Crippen LogP contribution in [0.5, 0.6) is 0 Å². The maximum absolute atomic E-state index is 17.3. The molecule has 0 unspecified atom stereocenters. The Balaban J connectivity index is 1.80. The van der Waals surface area contributed by atoms with E-state index >= 15 is 8.78 Å². The lowest BCUT2D eigenvalue weighted by molar-refractivity contribution is -0.218. The van der Waals surface area contributed by atoms with Gasteiger partial charge in [-0.2, -0.15) is 0 Å². The number of aliphatic hydroxyl groups is 1. The van der Waals surface area contributed by atoms with Crippen molar-refractivity contribution in [2.45, 2.75) is 103 Å². The van der Waals surface area contributed by atoms with Crippen LogP contribution in [0.25, 0.3) is 0 Å². The van der Waals surface area contributed by atoms with Crippen molar-refractivity contribution in [3.05, 3.63) is 23.8 Å². The van der Waals surface area contributed by atoms with Gasteiger partial charge in [0, 0.05) is 23.2 Å². The van der Waals surface area contributed by atoms with Gasteiger partial charge in [0.05, 0.1) is 6.10 Å². The number of ether oxygens (including phenoxy) is 1. The van der Waals surface area contributed by atoms with Gasteiger partial charge in [-0.25, -0.2) is 8.78 Å². The smallest absolute Gasteiger partial charge is 0.305 e. The number of hydrogen-bond acceptors (Lipinski definition) is 4. The summed E-state index contributed by atoms with van der Waals surface area (Å²) in [5.74, 6) is -1.53. The first-order valence-electron chi connectivity index (χ1n) is 12.7. The van der Waals surface area contributed by atoms with Gasteiger partial charge in [-0.1, -0.05) is 46.1 Å². The average Bonchev–Trinajstić information content (AvgIpc) is 3.03. The van der Waals surface area contributed by atoms with Gasteiger partial charge in [-0.15, -0.1) is 0 Å². The van der Waals surface area contributed by atoms with Crippen molar-refractivity contribution >= 4 is 11.8 Å². The lowest BCUT2D eigenvalue weighted by atomic mass is 9.44. The van der Waals surface area contributed by atoms with E-state index in [2.05, 4.69) is 6.92 Å². The molecule has 6 heteroatoms. The fourth-order valence-electron chi connectivity index (χ4n) is 7.89. The highest BCUT2D eigenvalue weighted by Crippen LogP contribution is 2.70. The summed E-state index contributed by atoms with van der Waals surface area (Å²) in [6.45, 7) is 7.53. The molecule has 4 aliphatic carbocycles. The van der Waals surface area contributed by atoms with E-state index in [9.17, 15) is 14.7 Å². The van der Waals surface area contributed by atoms with Crippen LogP contribution in [0.2, 0.25) is 0 Å². The minimum Gasteiger partial charge on any atom is -0.461 e. The Morgan fingerprint density at radius 1 is 1.24 bits per heavy atom. The second kappa shape index (κ2) is 8.58. The van der Waals surface area contributed by atoms with Crippen molar-refractivity contribution in [3.8, 4) is 0 Å². The second-order valence-electron chi connectivity index (χ2n) is 11.1. The maximum Gasteiger partial charge on any atom is 0.305 e. The van der Waals surface area contributed by atoms with Gasteiger partial charge in [-0.3, -0.25) is 9.59 Å². The topological polar surface area (TPSA) is 63.6 Å². The molecule has 4 aliphatic rings. The normalized spacial score (nSPS) is 46.3. The van der Waals surface area contributed by atoms with Crippen molar-refractivity contribution < 1.29 is 28.2 Å². The zero-order valence-electron chi connectivity index (χ0n) is 20.3. The molecule has 0 aromatic rings. The van der Waals surface area contributed by atoms with Crippen LogP contribution in [-0.4, -0.2) is 40.9 Å². The average molecular weight is 465 g/mol. The number of rotatable bonds is 6. The predicted molar refractivity (Wildman–Crippen MR) is 122 cm³/mol. The molecule has 4 rings (SSSR count). The Morgan fingerprint density at radius 3 is 2.64 bits per heavy atom. The highest BCUT2D eigenvalue weighted by molar-refractivity contribution is 6.01. The highest BCUT2D eigenvalue weighted by atomic mass is 19.1. The quantitative estimate of drug-likeness (QED) is 0.420. The number of esters is 1. The number of hydrogen-bond donors (Lipinski definition) is 1. The molecule has 184 valence electrons. The number of unbranched alkanes of at least 4 members (excludes halogenated alkanes) is 2. The molecular weight excluding hydrogens is 426 g/mol. The minimum atomic E-state index is -2.08. The Bertz CT molecular complexity index is 868. The predicted octanol–water partition coefficient (Wildman–Crippen LogP) is 5.43. The molecule has 3 fully saturated rings. The van der Waals surface area contributed by atoms with Gasteiger partial charge < -0.3 is 9.84 Å². The summed E-state index contributed by atoms with van der Waals surface area (Å²) in [5.41, 5.74) is -3.88. The van der Waals surface area contributed by atoms with E-state index in [1.807, 2.05) is 6.92 Å². The second-order valence-corrected chi connectivity index (χ2v) is 11.1. The molecule has 0 bridgehead atoms. The standard InChI is InChI=1S/C27H38F2O4/c1-5-7-8-10-26-15-22(31)27(29)19(18(26)12-16(3)24(26)33-23(32)6-2)14-21(28)20-13-17(30)9-11-25(20,27)4/h9,11,13,16,18-19,21-22,24,31H,5-8,10,12,14-15H2,1-4H3/t16-,18+,19+,21+,22+,24-,25+,26+,27+/m1/s1. The van der Waals surface area contributed by atoms with Gasteiger partial charge in [-0.05, 0) is 62.2 Å². The third-order valence-electron chi connectivity index (χ3n) is 9.40. The highest BCUT2D eigenvalue weighted by Gasteiger charge is 2.73. The molecule has 0 heterocycles. The van der Waals surface area contributed by atoms with Crippen LogP contribution in [0.4, 0.5) is 8.78 Å². The molecule has 0 aromatic carbocycles. The Hall–Kier alpha value is -1.56. The van der Waals surface area contributed by atoms with Crippen LogP contribution in [0.3, 0.4) is 0 Å². The summed E-state index contributed by atoms with van der Waals surface area (Å²) < 4.78 is 38.8. The van der Waals surface area contributed by atoms with Gasteiger partial charge in [0.15, 0.2) is 11.5 Å². The van der Waals surface area contributed by atoms with E-state index in [0.29, 0.717) is 6.42 Å². The number of alkyl halides is 2. The van der Waals surface area contributed by atoms with Crippen molar-refractivity contribution in [2.75, 3.05) is 0 Å². The molecule has 0 aromatic heterocycles. The number of carbonyl (C=O) groups is 2. The summed E-state index contributed by atoms with van der Waals surface area (Å²) in [6.07, 6.45) is 5.49. The van der Waals surface area contributed by atoms with E-state index in [1.54, 1.807) is 13.8 Å². The van der Waals surface area contributed by atoms with E-state index in [-0.39, 0.29) is 48.4 Å². The molecule has 33 heavy (non-hydrogen) atoms. The van der Waals surface area contributed by atoms with Crippen LogP contribution >= 0.6 is 0 Å². The molecule has 9 atom stereocenters. The fourth-order valence-corrected chi connectivity index (χ4v) is 7.89. The van der Waals surface area contributed by atoms with Crippen molar-refractivity contribution in [2.24, 2.45) is 28.6 Å². The van der Waals surface area contributed by atoms with E-state index < -0.39 is 40.8 Å². The molecule has 0 aliphatic heterocycles. The van der Waals surface area contributed by atoms with E-state index in [0.717, 1.165) is 25.7 Å². The van der Waals surface area contributed by atoms with Crippen LogP contribution in [0.15, 0.2) is 23.8 Å². The summed E-state index contributed by atoms with van der Waals surface area (Å²) in [6, 6.07) is 0. The van der Waals surface area contributed by atoms with Crippen LogP contribution in [0.1, 0.15) is 79.1 Å². The fraction of sp³-hybridized carbons (Fsp3) is 0.778. The lowest BCUT2D eigenvalue weighted by Gasteiger charge is -2.62. The van der Waals surface area contributed by atoms with Crippen molar-refractivity contribution in [1.82, 2.24) is 0 Å². The first-order chi connectivity index (χ1) is 15.5. The number of carbonyl (C=O) groups excluding carboxylic acids is 2. The number of allylic oxidation sites excluding steroid dienone is 4. The summed E-state index contributed by atoms with van der Waals surface area (Å²) >= 11 is 0. The van der Waals surface area contributed by atoms with Gasteiger partial charge in [0.1, 0.15) is 12.3 Å². The molecule has 1 N–H and O–H groups in total. The number of aliphatic hydroxyl groups excluding tert-OH is 1. The Kier molecular flexibility index (Phi) is 6.39. The minimum absolute atomic E-state index is 0.00737. The van der Waals surface area contributed by atoms with Crippen molar-refractivity contribution in [3.63, 3.8) is 0 Å². The molecule has 0 amide bonds. The van der Waals surface area contributed by atoms with Crippen molar-refractivity contribution in [1.29, 1.82) is 0 Å². The van der Waals surface area contributed by atoms with Gasteiger partial charge in [0.25, 0.3) is 0 Å². The summed E-state index contributed by atoms with van der Waals surface area (Å²) in [7, 11) is 0. The third kappa shape index (κ3) is 3.45. The molecular formula is C27H38F2O4. The monoisotopic (exact) mass is 464 g/mol. The van der Waals surface area contributed by atoms with E-state index in [4.69, 9.17) is 4.74 Å². The number of ketones is 1. The zero-order chi connectivity index (χ0) is 24.2. The first-order valence-corrected chi connectivity index (χ1v) is 12.7. The SMILES string of the molecule is CCCCC[C@]12C[C@H](O)[C@@]3(F)[C@@H](C[C@H](F)C4=CC(=O)C=C[C@@]43C)[C@@H]1C[C@@H](C)[C@H]2OC(=O)CC. The lowest BCUT2D eigenvalue weighted by Crippen LogP contribution is -2.69. The van der Waals surface area contributed by atoms with Crippen LogP contribution in [0, 0.1) is 28.6 Å². The molecule has 3 saturated carbocycles. The number of halogens is 2. The summed E-state index contributed by atoms with van der Waals surface area (Å²) in [4.78, 5) is 24.3. The summed E-state index contributed by atoms with van der Waals surface area (Å²) in [5, 5.41) is 11.5. The number of fused-ring (bicyclic) bond motifs is 5. The van der Waals surface area contributed by atoms with Gasteiger partial charge in [0.2, 0.25) is 0 Å². The third-order valence-corrected chi connectivity index (χ3v) is 9.40. The maximum atomic E-state index is 17.3. The van der Waals surface area contributed by atoms with Crippen LogP contribution < -0.4 is 0 Å². The van der Waals surface area contributed by atoms with Gasteiger partial charge >= 0.3 is 5.97 Å². The molecule has 4 nitrogen and oxygen atoms in total. The molecule has 0 radical (unpaired) electrons. The Morgan fingerprint density at radius 2 is 1.97 bits per heavy atom. The Labute approximate surface area is 195 Å². The van der Waals surface area contributed by atoms with E-state index in [1.165, 1.54) is 18.2 Å². The van der Waals surface area contributed by atoms with Crippen LogP contribution in [-0.2, 0) is 14.3 Å². The largest absolute Gasteiger partial charge is 0.461 e. The first kappa shape index (κ1) is 24.6. The molecule has 0 saturated heterocycles.